The topological polar surface area (TPSA) is 37.8 Å². The van der Waals surface area contributed by atoms with Gasteiger partial charge < -0.3 is 5.32 Å². The van der Waals surface area contributed by atoms with E-state index in [2.05, 4.69) is 15.3 Å². The number of hydrogen-bond donors (Lipinski definition) is 1. The smallest absolute Gasteiger partial charge is 0.190 e. The minimum absolute atomic E-state index is 0.0181. The minimum atomic E-state index is -1.55. The molecule has 0 aliphatic heterocycles. The van der Waals surface area contributed by atoms with Gasteiger partial charge in [-0.2, -0.15) is 0 Å². The summed E-state index contributed by atoms with van der Waals surface area (Å²) in [5.41, 5.74) is -0.982. The highest BCUT2D eigenvalue weighted by Crippen LogP contribution is 2.28. The van der Waals surface area contributed by atoms with Crippen molar-refractivity contribution in [2.24, 2.45) is 0 Å². The van der Waals surface area contributed by atoms with Crippen molar-refractivity contribution in [3.63, 3.8) is 0 Å². The van der Waals surface area contributed by atoms with Crippen molar-refractivity contribution in [3.05, 3.63) is 40.6 Å². The summed E-state index contributed by atoms with van der Waals surface area (Å²) in [6.45, 7) is 0. The summed E-state index contributed by atoms with van der Waals surface area (Å²) in [7, 11) is 0. The normalized spacial score (nSPS) is 10.7. The van der Waals surface area contributed by atoms with Gasteiger partial charge in [0, 0.05) is 12.1 Å². The Balaban J connectivity index is 2.47. The predicted octanol–water partition coefficient (Wildman–Crippen LogP) is 4.15. The Labute approximate surface area is 120 Å². The summed E-state index contributed by atoms with van der Waals surface area (Å²) in [5, 5.41) is 2.41. The molecule has 0 saturated heterocycles. The zero-order valence-electron chi connectivity index (χ0n) is 9.85. The molecule has 0 radical (unpaired) electrons. The fourth-order valence-electron chi connectivity index (χ4n) is 1.36. The molecule has 106 valence electrons. The van der Waals surface area contributed by atoms with Crippen molar-refractivity contribution >= 4 is 34.9 Å². The van der Waals surface area contributed by atoms with Crippen LogP contribution >= 0.6 is 23.4 Å². The zero-order valence-corrected chi connectivity index (χ0v) is 11.4. The molecule has 9 heteroatoms. The third kappa shape index (κ3) is 2.96. The van der Waals surface area contributed by atoms with E-state index in [0.29, 0.717) is 0 Å². The lowest BCUT2D eigenvalue weighted by Crippen LogP contribution is -2.05. The van der Waals surface area contributed by atoms with Crippen LogP contribution in [0.15, 0.2) is 17.3 Å². The van der Waals surface area contributed by atoms with Crippen LogP contribution in [-0.4, -0.2) is 16.2 Å². The number of nitrogens with one attached hydrogen (secondary N) is 1. The second-order valence-electron chi connectivity index (χ2n) is 3.53. The number of rotatable bonds is 3. The summed E-state index contributed by atoms with van der Waals surface area (Å²) >= 11 is 6.84. The lowest BCUT2D eigenvalue weighted by Gasteiger charge is -2.10. The maximum absolute atomic E-state index is 13.5. The molecule has 20 heavy (non-hydrogen) atoms. The first kappa shape index (κ1) is 14.9. The van der Waals surface area contributed by atoms with Crippen LogP contribution in [0.4, 0.5) is 29.1 Å². The molecule has 1 N–H and O–H groups in total. The van der Waals surface area contributed by atoms with Crippen molar-refractivity contribution in [2.45, 2.75) is 5.16 Å². The van der Waals surface area contributed by atoms with E-state index in [1.807, 2.05) is 0 Å². The van der Waals surface area contributed by atoms with Crippen molar-refractivity contribution in [3.8, 4) is 0 Å². The third-order valence-electron chi connectivity index (χ3n) is 2.22. The first-order valence-electron chi connectivity index (χ1n) is 5.11. The van der Waals surface area contributed by atoms with Gasteiger partial charge in [-0.15, -0.1) is 0 Å². The highest BCUT2D eigenvalue weighted by atomic mass is 35.5. The summed E-state index contributed by atoms with van der Waals surface area (Å²) in [6.07, 6.45) is 1.67. The number of hydrogen-bond acceptors (Lipinski definition) is 4. The van der Waals surface area contributed by atoms with E-state index in [1.54, 1.807) is 6.26 Å². The number of benzene rings is 1. The molecular weight excluding hydrogens is 318 g/mol. The van der Waals surface area contributed by atoms with Crippen molar-refractivity contribution < 1.29 is 17.6 Å². The van der Waals surface area contributed by atoms with Crippen LogP contribution in [0.2, 0.25) is 5.15 Å². The monoisotopic (exact) mass is 323 g/mol. The molecule has 2 rings (SSSR count). The van der Waals surface area contributed by atoms with E-state index in [9.17, 15) is 17.6 Å². The summed E-state index contributed by atoms with van der Waals surface area (Å²) in [4.78, 5) is 7.68. The van der Waals surface area contributed by atoms with E-state index < -0.39 is 29.0 Å². The molecule has 1 aromatic carbocycles. The summed E-state index contributed by atoms with van der Waals surface area (Å²) in [6, 6.07) is 1.29. The fourth-order valence-corrected chi connectivity index (χ4v) is 1.98. The Bertz CT molecular complexity index is 642. The second kappa shape index (κ2) is 5.84. The summed E-state index contributed by atoms with van der Waals surface area (Å²) in [5.74, 6) is -6.22. The molecule has 1 aromatic heterocycles. The molecule has 0 saturated carbocycles. The molecule has 1 heterocycles. The molecule has 2 aromatic rings. The van der Waals surface area contributed by atoms with Crippen LogP contribution in [-0.2, 0) is 0 Å². The van der Waals surface area contributed by atoms with E-state index in [-0.39, 0.29) is 22.2 Å². The Morgan fingerprint density at radius 1 is 1.05 bits per heavy atom. The standard InChI is InChI=1S/C11H6ClF4N3S/c1-20-11-17-6(12)3-7(19-11)18-10-8(15)4(13)2-5(14)9(10)16/h2-3H,1H3,(H,17,18,19). The molecule has 0 unspecified atom stereocenters. The maximum Gasteiger partial charge on any atom is 0.190 e. The first-order chi connectivity index (χ1) is 9.42. The van der Waals surface area contributed by atoms with Gasteiger partial charge in [-0.3, -0.25) is 0 Å². The third-order valence-corrected chi connectivity index (χ3v) is 2.96. The Hall–Kier alpha value is -1.54. The van der Waals surface area contributed by atoms with E-state index >= 15 is 0 Å². The molecular formula is C11H6ClF4N3S. The van der Waals surface area contributed by atoms with Crippen LogP contribution in [0.3, 0.4) is 0 Å². The van der Waals surface area contributed by atoms with Crippen LogP contribution in [0.1, 0.15) is 0 Å². The van der Waals surface area contributed by atoms with Gasteiger partial charge in [0.05, 0.1) is 0 Å². The largest absolute Gasteiger partial charge is 0.335 e. The summed E-state index contributed by atoms with van der Waals surface area (Å²) < 4.78 is 53.1. The van der Waals surface area contributed by atoms with Gasteiger partial charge in [0.1, 0.15) is 16.7 Å². The van der Waals surface area contributed by atoms with Crippen molar-refractivity contribution in [1.29, 1.82) is 0 Å². The SMILES string of the molecule is CSc1nc(Cl)cc(Nc2c(F)c(F)cc(F)c2F)n1. The van der Waals surface area contributed by atoms with Crippen LogP contribution < -0.4 is 5.32 Å². The van der Waals surface area contributed by atoms with Gasteiger partial charge >= 0.3 is 0 Å². The lowest BCUT2D eigenvalue weighted by atomic mass is 10.2. The average Bonchev–Trinajstić information content (AvgIpc) is 2.40. The minimum Gasteiger partial charge on any atom is -0.335 e. The molecule has 0 amide bonds. The number of thioether (sulfide) groups is 1. The highest BCUT2D eigenvalue weighted by molar-refractivity contribution is 7.98. The quantitative estimate of drug-likeness (QED) is 0.303. The number of anilines is 2. The first-order valence-corrected chi connectivity index (χ1v) is 6.71. The molecule has 0 bridgehead atoms. The lowest BCUT2D eigenvalue weighted by molar-refractivity contribution is 0.459. The Morgan fingerprint density at radius 2 is 1.65 bits per heavy atom. The molecule has 0 aliphatic rings. The van der Waals surface area contributed by atoms with E-state index in [1.165, 1.54) is 6.07 Å². The van der Waals surface area contributed by atoms with Gasteiger partial charge in [-0.25, -0.2) is 27.5 Å². The van der Waals surface area contributed by atoms with Gasteiger partial charge in [0.2, 0.25) is 0 Å². The molecule has 0 atom stereocenters. The van der Waals surface area contributed by atoms with Crippen molar-refractivity contribution in [2.75, 3.05) is 11.6 Å². The number of nitrogens with zero attached hydrogens (tertiary/aromatic N) is 2. The van der Waals surface area contributed by atoms with Crippen molar-refractivity contribution in [1.82, 2.24) is 9.97 Å². The molecule has 0 aliphatic carbocycles. The molecule has 3 nitrogen and oxygen atoms in total. The zero-order chi connectivity index (χ0) is 14.9. The second-order valence-corrected chi connectivity index (χ2v) is 4.69. The van der Waals surface area contributed by atoms with Gasteiger partial charge in [0.15, 0.2) is 28.4 Å². The van der Waals surface area contributed by atoms with E-state index in [4.69, 9.17) is 11.6 Å². The van der Waals surface area contributed by atoms with Gasteiger partial charge in [0.25, 0.3) is 0 Å². The Morgan fingerprint density at radius 3 is 2.20 bits per heavy atom. The maximum atomic E-state index is 13.5. The number of aromatic nitrogens is 2. The highest BCUT2D eigenvalue weighted by Gasteiger charge is 2.19. The van der Waals surface area contributed by atoms with E-state index in [0.717, 1.165) is 11.8 Å². The molecule has 0 spiro atoms. The predicted molar refractivity (Wildman–Crippen MR) is 68.4 cm³/mol. The Kier molecular flexibility index (Phi) is 4.34. The number of halogens is 5. The fraction of sp³-hybridized carbons (Fsp3) is 0.0909. The van der Waals surface area contributed by atoms with Gasteiger partial charge in [-0.1, -0.05) is 23.4 Å². The van der Waals surface area contributed by atoms with Crippen LogP contribution in [0.5, 0.6) is 0 Å². The van der Waals surface area contributed by atoms with Crippen LogP contribution in [0.25, 0.3) is 0 Å². The van der Waals surface area contributed by atoms with Crippen LogP contribution in [0, 0.1) is 23.3 Å². The average molecular weight is 324 g/mol. The van der Waals surface area contributed by atoms with Gasteiger partial charge in [-0.05, 0) is 6.26 Å². The molecule has 0 fully saturated rings.